The summed E-state index contributed by atoms with van der Waals surface area (Å²) in [5.41, 5.74) is 0.395. The van der Waals surface area contributed by atoms with Crippen molar-refractivity contribution in [3.05, 3.63) is 66.1 Å². The molecule has 2 aromatic rings. The highest BCUT2D eigenvalue weighted by Gasteiger charge is 2.73. The molecule has 7 nitrogen and oxygen atoms in total. The van der Waals surface area contributed by atoms with Gasteiger partial charge in [-0.25, -0.2) is 0 Å². The standard InChI is InChI=1S/C27H30N2O5/c1-3-13-29-14-12-26-23-17-6-8-20(30)24(23)34-25(26)19(10-11-27(26,32)21(29)16-17)28(2)22(31)9-7-18-5-4-15-33-18/h3-9,15,19,21,25,30,32H,1,10-14,16H2,2H3/b9-7+/t19?,21-,25?,26+,27-/m1/s1. The van der Waals surface area contributed by atoms with Gasteiger partial charge in [0.2, 0.25) is 5.91 Å². The van der Waals surface area contributed by atoms with Crippen molar-refractivity contribution in [1.82, 2.24) is 9.80 Å². The molecule has 1 saturated carbocycles. The third-order valence-corrected chi connectivity index (χ3v) is 8.68. The second-order valence-corrected chi connectivity index (χ2v) is 10.0. The number of nitrogens with zero attached hydrogens (tertiary/aromatic N) is 2. The van der Waals surface area contributed by atoms with E-state index < -0.39 is 17.1 Å². The van der Waals surface area contributed by atoms with Crippen LogP contribution in [0.15, 0.2) is 53.7 Å². The van der Waals surface area contributed by atoms with Crippen molar-refractivity contribution in [2.24, 2.45) is 0 Å². The van der Waals surface area contributed by atoms with Crippen LogP contribution in [0.2, 0.25) is 0 Å². The zero-order valence-electron chi connectivity index (χ0n) is 19.3. The van der Waals surface area contributed by atoms with E-state index >= 15 is 0 Å². The molecule has 0 radical (unpaired) electrons. The highest BCUT2D eigenvalue weighted by Crippen LogP contribution is 2.65. The van der Waals surface area contributed by atoms with Crippen LogP contribution < -0.4 is 4.74 Å². The van der Waals surface area contributed by atoms with Crippen molar-refractivity contribution in [2.45, 2.75) is 54.9 Å². The maximum Gasteiger partial charge on any atom is 0.246 e. The second kappa shape index (κ2) is 7.48. The van der Waals surface area contributed by atoms with Crippen LogP contribution in [0.5, 0.6) is 11.5 Å². The number of rotatable bonds is 5. The molecule has 2 aliphatic carbocycles. The van der Waals surface area contributed by atoms with Gasteiger partial charge in [-0.1, -0.05) is 12.1 Å². The number of amides is 1. The first-order valence-corrected chi connectivity index (χ1v) is 12.0. The number of benzene rings is 1. The van der Waals surface area contributed by atoms with Crippen LogP contribution in [-0.2, 0) is 16.6 Å². The van der Waals surface area contributed by atoms with E-state index in [2.05, 4.69) is 11.5 Å². The predicted molar refractivity (Wildman–Crippen MR) is 127 cm³/mol. The highest BCUT2D eigenvalue weighted by atomic mass is 16.5. The minimum atomic E-state index is -1.00. The summed E-state index contributed by atoms with van der Waals surface area (Å²) in [7, 11) is 1.79. The zero-order chi connectivity index (χ0) is 23.7. The number of carbonyl (C=O) groups excluding carboxylic acids is 1. The van der Waals surface area contributed by atoms with E-state index in [1.54, 1.807) is 42.5 Å². The van der Waals surface area contributed by atoms with E-state index in [4.69, 9.17) is 9.15 Å². The molecule has 4 aliphatic rings. The summed E-state index contributed by atoms with van der Waals surface area (Å²) >= 11 is 0. The fourth-order valence-corrected chi connectivity index (χ4v) is 7.21. The van der Waals surface area contributed by atoms with Gasteiger partial charge in [-0.15, -0.1) is 6.58 Å². The van der Waals surface area contributed by atoms with Gasteiger partial charge < -0.3 is 24.3 Å². The maximum absolute atomic E-state index is 13.1. The highest BCUT2D eigenvalue weighted by molar-refractivity contribution is 5.91. The van der Waals surface area contributed by atoms with Gasteiger partial charge in [0.1, 0.15) is 11.9 Å². The number of likely N-dealkylation sites (tertiary alicyclic amines) is 1. The number of hydrogen-bond acceptors (Lipinski definition) is 6. The molecule has 34 heavy (non-hydrogen) atoms. The maximum atomic E-state index is 13.1. The normalized spacial score (nSPS) is 33.4. The van der Waals surface area contributed by atoms with E-state index in [9.17, 15) is 15.0 Å². The molecule has 178 valence electrons. The van der Waals surface area contributed by atoms with Crippen LogP contribution in [0.1, 0.15) is 36.1 Å². The van der Waals surface area contributed by atoms with E-state index in [-0.39, 0.29) is 23.7 Å². The Morgan fingerprint density at radius 3 is 2.97 bits per heavy atom. The molecule has 1 amide bonds. The number of phenolic OH excluding ortho intramolecular Hbond substituents is 1. The number of carbonyl (C=O) groups is 1. The molecule has 7 heteroatoms. The van der Waals surface area contributed by atoms with Gasteiger partial charge in [0.05, 0.1) is 23.3 Å². The minimum absolute atomic E-state index is 0.0610. The summed E-state index contributed by atoms with van der Waals surface area (Å²) in [5.74, 6) is 1.04. The Morgan fingerprint density at radius 1 is 1.35 bits per heavy atom. The molecule has 1 spiro atoms. The first-order chi connectivity index (χ1) is 16.4. The lowest BCUT2D eigenvalue weighted by molar-refractivity contribution is -0.198. The first-order valence-electron chi connectivity index (χ1n) is 12.0. The lowest BCUT2D eigenvalue weighted by atomic mass is 9.48. The summed E-state index contributed by atoms with van der Waals surface area (Å²) < 4.78 is 11.8. The van der Waals surface area contributed by atoms with E-state index in [1.807, 2.05) is 12.1 Å². The van der Waals surface area contributed by atoms with Gasteiger partial charge in [-0.05, 0) is 62.1 Å². The molecule has 6 rings (SSSR count). The number of aromatic hydroxyl groups is 1. The Balaban J connectivity index is 1.41. The summed E-state index contributed by atoms with van der Waals surface area (Å²) in [6, 6.07) is 6.93. The number of hydrogen-bond donors (Lipinski definition) is 2. The van der Waals surface area contributed by atoms with Gasteiger partial charge >= 0.3 is 0 Å². The lowest BCUT2D eigenvalue weighted by Crippen LogP contribution is -2.78. The number of phenols is 1. The van der Waals surface area contributed by atoms with E-state index in [0.717, 1.165) is 17.7 Å². The number of furan rings is 1. The van der Waals surface area contributed by atoms with Crippen LogP contribution in [0.25, 0.3) is 6.08 Å². The van der Waals surface area contributed by atoms with Crippen molar-refractivity contribution >= 4 is 12.0 Å². The molecule has 1 aromatic carbocycles. The number of aliphatic hydroxyl groups is 1. The Kier molecular flexibility index (Phi) is 4.73. The van der Waals surface area contributed by atoms with Gasteiger partial charge in [0.15, 0.2) is 11.5 Å². The quantitative estimate of drug-likeness (QED) is 0.525. The summed E-state index contributed by atoms with van der Waals surface area (Å²) in [5, 5.41) is 23.1. The monoisotopic (exact) mass is 462 g/mol. The average Bonchev–Trinajstić information content (AvgIpc) is 3.46. The van der Waals surface area contributed by atoms with Crippen molar-refractivity contribution in [2.75, 3.05) is 20.1 Å². The van der Waals surface area contributed by atoms with Gasteiger partial charge in [-0.3, -0.25) is 9.69 Å². The van der Waals surface area contributed by atoms with Crippen LogP contribution in [0.3, 0.4) is 0 Å². The topological polar surface area (TPSA) is 86.4 Å². The van der Waals surface area contributed by atoms with Crippen LogP contribution >= 0.6 is 0 Å². The Morgan fingerprint density at radius 2 is 2.21 bits per heavy atom. The molecule has 2 bridgehead atoms. The van der Waals surface area contributed by atoms with Gasteiger partial charge in [-0.2, -0.15) is 0 Å². The fourth-order valence-electron chi connectivity index (χ4n) is 7.21. The molecule has 2 fully saturated rings. The van der Waals surface area contributed by atoms with E-state index in [0.29, 0.717) is 43.7 Å². The Labute approximate surface area is 198 Å². The largest absolute Gasteiger partial charge is 0.504 e. The van der Waals surface area contributed by atoms with Crippen molar-refractivity contribution < 1.29 is 24.2 Å². The van der Waals surface area contributed by atoms with Crippen LogP contribution in [-0.4, -0.2) is 69.8 Å². The van der Waals surface area contributed by atoms with Crippen molar-refractivity contribution in [1.29, 1.82) is 0 Å². The Bertz CT molecular complexity index is 1170. The molecule has 2 N–H and O–H groups in total. The predicted octanol–water partition coefficient (Wildman–Crippen LogP) is 2.87. The van der Waals surface area contributed by atoms with Crippen molar-refractivity contribution in [3.8, 4) is 11.5 Å². The summed E-state index contributed by atoms with van der Waals surface area (Å²) in [6.07, 6.45) is 8.78. The third-order valence-electron chi connectivity index (χ3n) is 8.68. The molecule has 2 aliphatic heterocycles. The number of piperidine rings is 1. The molecule has 2 unspecified atom stereocenters. The van der Waals surface area contributed by atoms with Crippen molar-refractivity contribution in [3.63, 3.8) is 0 Å². The SMILES string of the molecule is C=CCN1CC[C@]23c4c5ccc(O)c4OC2C(N(C)C(=O)/C=C/c2ccco2)CC[C@@]3(O)[C@H]1C5. The van der Waals surface area contributed by atoms with Crippen LogP contribution in [0, 0.1) is 0 Å². The first kappa shape index (κ1) is 21.5. The minimum Gasteiger partial charge on any atom is -0.504 e. The number of likely N-dealkylation sites (N-methyl/N-ethyl adjacent to an activating group) is 1. The lowest BCUT2D eigenvalue weighted by Gasteiger charge is -2.64. The van der Waals surface area contributed by atoms with Crippen LogP contribution in [0.4, 0.5) is 0 Å². The molecule has 3 heterocycles. The van der Waals surface area contributed by atoms with Gasteiger partial charge in [0.25, 0.3) is 0 Å². The summed E-state index contributed by atoms with van der Waals surface area (Å²) in [4.78, 5) is 17.2. The molecular formula is C27H30N2O5. The smallest absolute Gasteiger partial charge is 0.246 e. The number of ether oxygens (including phenoxy) is 1. The molecular weight excluding hydrogens is 432 g/mol. The fraction of sp³-hybridized carbons (Fsp3) is 0.444. The Hall–Kier alpha value is -3.03. The van der Waals surface area contributed by atoms with Gasteiger partial charge in [0, 0.05) is 31.3 Å². The molecule has 1 aromatic heterocycles. The molecule has 1 saturated heterocycles. The summed E-state index contributed by atoms with van der Waals surface area (Å²) in [6.45, 7) is 5.44. The van der Waals surface area contributed by atoms with E-state index in [1.165, 1.54) is 6.08 Å². The average molecular weight is 463 g/mol. The molecule has 5 atom stereocenters. The second-order valence-electron chi connectivity index (χ2n) is 10.0. The zero-order valence-corrected chi connectivity index (χ0v) is 19.3. The third kappa shape index (κ3) is 2.68.